The van der Waals surface area contributed by atoms with Gasteiger partial charge in [0.1, 0.15) is 0 Å². The Kier molecular flexibility index (Phi) is 4.14. The van der Waals surface area contributed by atoms with Crippen molar-refractivity contribution in [2.75, 3.05) is 13.6 Å². The smallest absolute Gasteiger partial charge is 0.240 e. The number of likely N-dealkylation sites (tertiary alicyclic amines) is 1. The van der Waals surface area contributed by atoms with E-state index in [9.17, 15) is 4.79 Å². The Hall–Kier alpha value is -0.830. The van der Waals surface area contributed by atoms with E-state index >= 15 is 0 Å². The van der Waals surface area contributed by atoms with Crippen LogP contribution in [-0.4, -0.2) is 36.5 Å². The summed E-state index contributed by atoms with van der Waals surface area (Å²) in [4.78, 5) is 13.9. The minimum atomic E-state index is -0.0319. The second-order valence-corrected chi connectivity index (χ2v) is 3.73. The zero-order valence-electron chi connectivity index (χ0n) is 9.12. The van der Waals surface area contributed by atoms with E-state index in [0.717, 1.165) is 25.8 Å². The number of rotatable bonds is 4. The molecule has 1 aliphatic rings. The summed E-state index contributed by atoms with van der Waals surface area (Å²) < 4.78 is 0. The SMILES string of the molecule is C=CC1CCCN1C(=O)C(CC)NC. The van der Waals surface area contributed by atoms with Gasteiger partial charge < -0.3 is 10.2 Å². The van der Waals surface area contributed by atoms with Crippen LogP contribution in [0, 0.1) is 0 Å². The molecule has 0 aromatic rings. The van der Waals surface area contributed by atoms with Gasteiger partial charge in [0, 0.05) is 12.6 Å². The molecule has 0 aliphatic carbocycles. The molecule has 0 aromatic heterocycles. The number of hydrogen-bond acceptors (Lipinski definition) is 2. The number of amides is 1. The monoisotopic (exact) mass is 196 g/mol. The summed E-state index contributed by atoms with van der Waals surface area (Å²) in [5.41, 5.74) is 0. The molecule has 0 saturated carbocycles. The lowest BCUT2D eigenvalue weighted by Crippen LogP contribution is -2.46. The molecule has 1 rings (SSSR count). The first-order valence-electron chi connectivity index (χ1n) is 5.34. The molecule has 1 N–H and O–H groups in total. The third-order valence-electron chi connectivity index (χ3n) is 2.91. The van der Waals surface area contributed by atoms with E-state index in [4.69, 9.17) is 0 Å². The van der Waals surface area contributed by atoms with Gasteiger partial charge in [-0.3, -0.25) is 4.79 Å². The van der Waals surface area contributed by atoms with E-state index in [1.807, 2.05) is 24.9 Å². The van der Waals surface area contributed by atoms with E-state index in [0.29, 0.717) is 0 Å². The number of carbonyl (C=O) groups excluding carboxylic acids is 1. The van der Waals surface area contributed by atoms with Crippen LogP contribution in [0.3, 0.4) is 0 Å². The van der Waals surface area contributed by atoms with Gasteiger partial charge in [0.05, 0.1) is 6.04 Å². The topological polar surface area (TPSA) is 32.3 Å². The van der Waals surface area contributed by atoms with Crippen molar-refractivity contribution in [3.63, 3.8) is 0 Å². The first-order valence-corrected chi connectivity index (χ1v) is 5.34. The Morgan fingerprint density at radius 1 is 1.79 bits per heavy atom. The molecule has 1 aliphatic heterocycles. The maximum atomic E-state index is 12.0. The summed E-state index contributed by atoms with van der Waals surface area (Å²) >= 11 is 0. The number of likely N-dealkylation sites (N-methyl/N-ethyl adjacent to an activating group) is 1. The van der Waals surface area contributed by atoms with Crippen LogP contribution in [0.4, 0.5) is 0 Å². The lowest BCUT2D eigenvalue weighted by atomic mass is 10.1. The Labute approximate surface area is 86.2 Å². The van der Waals surface area contributed by atoms with Gasteiger partial charge in [-0.1, -0.05) is 13.0 Å². The van der Waals surface area contributed by atoms with Gasteiger partial charge in [-0.15, -0.1) is 6.58 Å². The average molecular weight is 196 g/mol. The molecule has 2 unspecified atom stereocenters. The van der Waals surface area contributed by atoms with Crippen LogP contribution in [0.2, 0.25) is 0 Å². The minimum absolute atomic E-state index is 0.0319. The number of hydrogen-bond donors (Lipinski definition) is 1. The molecule has 1 saturated heterocycles. The lowest BCUT2D eigenvalue weighted by molar-refractivity contribution is -0.133. The van der Waals surface area contributed by atoms with Gasteiger partial charge in [-0.25, -0.2) is 0 Å². The fraction of sp³-hybridized carbons (Fsp3) is 0.727. The van der Waals surface area contributed by atoms with Crippen molar-refractivity contribution < 1.29 is 4.79 Å². The lowest BCUT2D eigenvalue weighted by Gasteiger charge is -2.26. The van der Waals surface area contributed by atoms with Gasteiger partial charge in [0.25, 0.3) is 0 Å². The quantitative estimate of drug-likeness (QED) is 0.684. The van der Waals surface area contributed by atoms with E-state index in [1.54, 1.807) is 0 Å². The van der Waals surface area contributed by atoms with Crippen molar-refractivity contribution in [1.82, 2.24) is 10.2 Å². The maximum absolute atomic E-state index is 12.0. The highest BCUT2D eigenvalue weighted by Gasteiger charge is 2.29. The van der Waals surface area contributed by atoms with Crippen LogP contribution in [0.5, 0.6) is 0 Å². The molecule has 0 aromatic carbocycles. The summed E-state index contributed by atoms with van der Waals surface area (Å²) in [7, 11) is 1.84. The summed E-state index contributed by atoms with van der Waals surface area (Å²) in [5, 5.41) is 3.05. The fourth-order valence-electron chi connectivity index (χ4n) is 2.01. The fourth-order valence-corrected chi connectivity index (χ4v) is 2.01. The zero-order valence-corrected chi connectivity index (χ0v) is 9.12. The van der Waals surface area contributed by atoms with Crippen LogP contribution in [0.1, 0.15) is 26.2 Å². The van der Waals surface area contributed by atoms with Gasteiger partial charge in [-0.05, 0) is 26.3 Å². The molecular formula is C11H20N2O. The third kappa shape index (κ3) is 2.15. The molecule has 3 nitrogen and oxygen atoms in total. The highest BCUT2D eigenvalue weighted by Crippen LogP contribution is 2.19. The summed E-state index contributed by atoms with van der Waals surface area (Å²) in [6, 6.07) is 0.223. The predicted molar refractivity (Wildman–Crippen MR) is 58.1 cm³/mol. The van der Waals surface area contributed by atoms with E-state index in [1.165, 1.54) is 0 Å². The van der Waals surface area contributed by atoms with Gasteiger partial charge in [-0.2, -0.15) is 0 Å². The number of nitrogens with one attached hydrogen (secondary N) is 1. The zero-order chi connectivity index (χ0) is 10.6. The second-order valence-electron chi connectivity index (χ2n) is 3.73. The molecule has 0 spiro atoms. The minimum Gasteiger partial charge on any atom is -0.335 e. The molecule has 1 heterocycles. The van der Waals surface area contributed by atoms with E-state index < -0.39 is 0 Å². The van der Waals surface area contributed by atoms with Gasteiger partial charge in [0.2, 0.25) is 5.91 Å². The van der Waals surface area contributed by atoms with Crippen LogP contribution in [0.15, 0.2) is 12.7 Å². The van der Waals surface area contributed by atoms with Crippen molar-refractivity contribution in [2.24, 2.45) is 0 Å². The Morgan fingerprint density at radius 2 is 2.50 bits per heavy atom. The highest BCUT2D eigenvalue weighted by molar-refractivity contribution is 5.82. The Bertz CT molecular complexity index is 211. The Morgan fingerprint density at radius 3 is 3.00 bits per heavy atom. The van der Waals surface area contributed by atoms with Crippen molar-refractivity contribution in [2.45, 2.75) is 38.3 Å². The molecular weight excluding hydrogens is 176 g/mol. The highest BCUT2D eigenvalue weighted by atomic mass is 16.2. The molecule has 1 amide bonds. The average Bonchev–Trinajstić information content (AvgIpc) is 2.67. The van der Waals surface area contributed by atoms with E-state index in [-0.39, 0.29) is 18.0 Å². The van der Waals surface area contributed by atoms with Crippen molar-refractivity contribution in [3.8, 4) is 0 Å². The van der Waals surface area contributed by atoms with Crippen LogP contribution in [0.25, 0.3) is 0 Å². The van der Waals surface area contributed by atoms with Crippen molar-refractivity contribution >= 4 is 5.91 Å². The largest absolute Gasteiger partial charge is 0.335 e. The standard InChI is InChI=1S/C11H20N2O/c1-4-9-7-6-8-13(9)11(14)10(5-2)12-3/h4,9-10,12H,1,5-8H2,2-3H3. The summed E-state index contributed by atoms with van der Waals surface area (Å²) in [6.07, 6.45) is 4.89. The third-order valence-corrected chi connectivity index (χ3v) is 2.91. The van der Waals surface area contributed by atoms with Crippen LogP contribution in [-0.2, 0) is 4.79 Å². The molecule has 0 bridgehead atoms. The first kappa shape index (κ1) is 11.2. The Balaban J connectivity index is 2.62. The molecule has 80 valence electrons. The molecule has 0 radical (unpaired) electrons. The molecule has 2 atom stereocenters. The molecule has 1 fully saturated rings. The first-order chi connectivity index (χ1) is 6.74. The number of nitrogens with zero attached hydrogens (tertiary/aromatic N) is 1. The second kappa shape index (κ2) is 5.15. The van der Waals surface area contributed by atoms with Gasteiger partial charge >= 0.3 is 0 Å². The van der Waals surface area contributed by atoms with Crippen LogP contribution >= 0.6 is 0 Å². The predicted octanol–water partition coefficient (Wildman–Crippen LogP) is 1.16. The number of carbonyl (C=O) groups is 1. The summed E-state index contributed by atoms with van der Waals surface area (Å²) in [5.74, 6) is 0.220. The summed E-state index contributed by atoms with van der Waals surface area (Å²) in [6.45, 7) is 6.68. The van der Waals surface area contributed by atoms with Gasteiger partial charge in [0.15, 0.2) is 0 Å². The normalized spacial score (nSPS) is 23.6. The molecule has 3 heteroatoms. The molecule has 14 heavy (non-hydrogen) atoms. The van der Waals surface area contributed by atoms with Crippen molar-refractivity contribution in [3.05, 3.63) is 12.7 Å². The van der Waals surface area contributed by atoms with Crippen molar-refractivity contribution in [1.29, 1.82) is 0 Å². The maximum Gasteiger partial charge on any atom is 0.240 e. The van der Waals surface area contributed by atoms with Crippen LogP contribution < -0.4 is 5.32 Å². The van der Waals surface area contributed by atoms with E-state index in [2.05, 4.69) is 11.9 Å².